The highest BCUT2D eigenvalue weighted by Gasteiger charge is 2.52. The molecule has 0 amide bonds. The van der Waals surface area contributed by atoms with Crippen molar-refractivity contribution in [3.05, 3.63) is 23.2 Å². The number of nitrogens with zero attached hydrogens (tertiary/aromatic N) is 2. The maximum absolute atomic E-state index is 6.12. The van der Waals surface area contributed by atoms with E-state index in [0.29, 0.717) is 0 Å². The van der Waals surface area contributed by atoms with Crippen molar-refractivity contribution in [2.24, 2.45) is 11.0 Å². The number of hydrazone groups is 1. The molecule has 2 aliphatic heterocycles. The van der Waals surface area contributed by atoms with Crippen LogP contribution in [0.1, 0.15) is 34.6 Å². The van der Waals surface area contributed by atoms with Crippen molar-refractivity contribution in [3.8, 4) is 0 Å². The van der Waals surface area contributed by atoms with Gasteiger partial charge in [-0.15, -0.1) is 0 Å². The molecule has 0 saturated carbocycles. The molecule has 1 aliphatic carbocycles. The Balaban J connectivity index is 1.91. The van der Waals surface area contributed by atoms with Gasteiger partial charge in [0.2, 0.25) is 0 Å². The minimum absolute atomic E-state index is 0.235. The monoisotopic (exact) mass is 273 g/mol. The normalized spacial score (nSPS) is 30.5. The third-order valence-corrected chi connectivity index (χ3v) is 4.64. The van der Waals surface area contributed by atoms with Crippen LogP contribution in [0.25, 0.3) is 0 Å². The molecule has 1 unspecified atom stereocenters. The van der Waals surface area contributed by atoms with Gasteiger partial charge in [0, 0.05) is 0 Å². The predicted molar refractivity (Wildman–Crippen MR) is 81.1 cm³/mol. The first-order chi connectivity index (χ1) is 9.19. The first-order valence-electron chi connectivity index (χ1n) is 7.12. The van der Waals surface area contributed by atoms with Gasteiger partial charge in [0.15, 0.2) is 13.3 Å². The molecule has 0 aromatic carbocycles. The first kappa shape index (κ1) is 13.8. The second kappa shape index (κ2) is 4.15. The Morgan fingerprint density at radius 1 is 1.20 bits per heavy atom. The Hall–Kier alpha value is -1.20. The van der Waals surface area contributed by atoms with Gasteiger partial charge in [-0.2, -0.15) is 0 Å². The van der Waals surface area contributed by atoms with E-state index in [1.54, 1.807) is 0 Å². The maximum atomic E-state index is 6.12. The highest BCUT2D eigenvalue weighted by atomic mass is 16.7. The standard InChI is InChI=1S/C15H22BN2O2/c1-10-7-12(8-11-9-18(6)17-13(10)11)16-19-14(2,3)15(4,5)20-16/h7-9,11H,1-6H3/q+1. The summed E-state index contributed by atoms with van der Waals surface area (Å²) in [6.07, 6.45) is 6.43. The zero-order valence-corrected chi connectivity index (χ0v) is 13.1. The number of fused-ring (bicyclic) bond motifs is 1. The summed E-state index contributed by atoms with van der Waals surface area (Å²) in [6, 6.07) is 0. The van der Waals surface area contributed by atoms with Crippen LogP contribution in [0.4, 0.5) is 0 Å². The molecule has 20 heavy (non-hydrogen) atoms. The lowest BCUT2D eigenvalue weighted by molar-refractivity contribution is -0.495. The van der Waals surface area contributed by atoms with E-state index in [4.69, 9.17) is 9.31 Å². The average molecular weight is 273 g/mol. The summed E-state index contributed by atoms with van der Waals surface area (Å²) in [5, 5.41) is 4.51. The SMILES string of the molecule is CC1=CC(B2OC(C)(C)C(C)(C)O2)=CC2C=[N+](C)N=C12. The van der Waals surface area contributed by atoms with Crippen molar-refractivity contribution in [1.29, 1.82) is 0 Å². The van der Waals surface area contributed by atoms with E-state index in [1.165, 1.54) is 5.57 Å². The maximum Gasteiger partial charge on any atom is 0.494 e. The van der Waals surface area contributed by atoms with Gasteiger partial charge in [-0.3, -0.25) is 0 Å². The van der Waals surface area contributed by atoms with E-state index < -0.39 is 0 Å². The van der Waals surface area contributed by atoms with Crippen LogP contribution in [0.15, 0.2) is 28.3 Å². The topological polar surface area (TPSA) is 33.8 Å². The summed E-state index contributed by atoms with van der Waals surface area (Å²) in [5.74, 6) is 0.235. The molecule has 4 nitrogen and oxygen atoms in total. The van der Waals surface area contributed by atoms with Crippen molar-refractivity contribution in [3.63, 3.8) is 0 Å². The van der Waals surface area contributed by atoms with Gasteiger partial charge in [-0.1, -0.05) is 16.8 Å². The molecule has 1 fully saturated rings. The van der Waals surface area contributed by atoms with E-state index in [0.717, 1.165) is 11.2 Å². The largest absolute Gasteiger partial charge is 0.494 e. The first-order valence-corrected chi connectivity index (χ1v) is 7.12. The number of hydrogen-bond acceptors (Lipinski definition) is 3. The Kier molecular flexibility index (Phi) is 2.86. The average Bonchev–Trinajstić information content (AvgIpc) is 2.77. The molecule has 0 radical (unpaired) electrons. The molecule has 1 saturated heterocycles. The lowest BCUT2D eigenvalue weighted by atomic mass is 9.72. The third kappa shape index (κ3) is 2.00. The fourth-order valence-corrected chi connectivity index (χ4v) is 2.74. The molecule has 0 aromatic heterocycles. The molecule has 0 aromatic rings. The van der Waals surface area contributed by atoms with Crippen molar-refractivity contribution >= 4 is 19.0 Å². The highest BCUT2D eigenvalue weighted by molar-refractivity contribution is 6.56. The van der Waals surface area contributed by atoms with Crippen LogP contribution in [0.5, 0.6) is 0 Å². The van der Waals surface area contributed by atoms with E-state index in [-0.39, 0.29) is 24.2 Å². The van der Waals surface area contributed by atoms with Crippen LogP contribution in [-0.2, 0) is 9.31 Å². The van der Waals surface area contributed by atoms with Crippen molar-refractivity contribution in [1.82, 2.24) is 0 Å². The summed E-state index contributed by atoms with van der Waals surface area (Å²) >= 11 is 0. The second-order valence-corrected chi connectivity index (χ2v) is 6.82. The fraction of sp³-hybridized carbons (Fsp3) is 0.600. The Morgan fingerprint density at radius 3 is 2.40 bits per heavy atom. The molecule has 0 spiro atoms. The zero-order chi connectivity index (χ0) is 14.7. The molecule has 106 valence electrons. The molecule has 1 atom stereocenters. The van der Waals surface area contributed by atoms with E-state index >= 15 is 0 Å². The van der Waals surface area contributed by atoms with Crippen molar-refractivity contribution in [2.75, 3.05) is 7.05 Å². The Labute approximate surface area is 121 Å². The highest BCUT2D eigenvalue weighted by Crippen LogP contribution is 2.40. The molecule has 0 N–H and O–H groups in total. The van der Waals surface area contributed by atoms with Crippen LogP contribution in [0.3, 0.4) is 0 Å². The quantitative estimate of drug-likeness (QED) is 0.542. The van der Waals surface area contributed by atoms with E-state index in [9.17, 15) is 0 Å². The second-order valence-electron chi connectivity index (χ2n) is 6.82. The van der Waals surface area contributed by atoms with E-state index in [2.05, 4.69) is 58.1 Å². The molecule has 3 aliphatic rings. The molecule has 2 heterocycles. The van der Waals surface area contributed by atoms with Gasteiger partial charge in [0.05, 0.1) is 11.2 Å². The number of rotatable bonds is 1. The van der Waals surface area contributed by atoms with Crippen molar-refractivity contribution < 1.29 is 14.0 Å². The molecule has 5 heteroatoms. The third-order valence-electron chi connectivity index (χ3n) is 4.64. The van der Waals surface area contributed by atoms with Crippen LogP contribution in [-0.4, -0.2) is 42.0 Å². The summed E-state index contributed by atoms with van der Waals surface area (Å²) in [5.41, 5.74) is 2.79. The van der Waals surface area contributed by atoms with Gasteiger partial charge in [-0.05, 0) is 50.8 Å². The van der Waals surface area contributed by atoms with E-state index in [1.807, 2.05) is 11.7 Å². The minimum atomic E-state index is -0.301. The molecular formula is C15H22BN2O2+. The Morgan fingerprint density at radius 2 is 1.80 bits per heavy atom. The minimum Gasteiger partial charge on any atom is -0.399 e. The van der Waals surface area contributed by atoms with Crippen LogP contribution in [0.2, 0.25) is 0 Å². The van der Waals surface area contributed by atoms with Crippen LogP contribution >= 0.6 is 0 Å². The van der Waals surface area contributed by atoms with Crippen LogP contribution < -0.4 is 0 Å². The van der Waals surface area contributed by atoms with Gasteiger partial charge < -0.3 is 9.31 Å². The summed E-state index contributed by atoms with van der Waals surface area (Å²) < 4.78 is 14.1. The summed E-state index contributed by atoms with van der Waals surface area (Å²) in [4.78, 5) is 0. The fourth-order valence-electron chi connectivity index (χ4n) is 2.74. The van der Waals surface area contributed by atoms with Crippen LogP contribution in [0, 0.1) is 5.92 Å². The molecule has 0 bridgehead atoms. The lowest BCUT2D eigenvalue weighted by Crippen LogP contribution is -2.41. The molecular weight excluding hydrogens is 251 g/mol. The van der Waals surface area contributed by atoms with Gasteiger partial charge in [0.1, 0.15) is 11.6 Å². The molecule has 3 rings (SSSR count). The number of allylic oxidation sites excluding steroid dienone is 4. The summed E-state index contributed by atoms with van der Waals surface area (Å²) in [7, 11) is 1.66. The predicted octanol–water partition coefficient (Wildman–Crippen LogP) is 2.20. The summed E-state index contributed by atoms with van der Waals surface area (Å²) in [6.45, 7) is 10.4. The zero-order valence-electron chi connectivity index (χ0n) is 13.1. The van der Waals surface area contributed by atoms with Gasteiger partial charge in [-0.25, -0.2) is 0 Å². The van der Waals surface area contributed by atoms with Gasteiger partial charge >= 0.3 is 7.12 Å². The number of hydrogen-bond donors (Lipinski definition) is 0. The van der Waals surface area contributed by atoms with Gasteiger partial charge in [0.25, 0.3) is 0 Å². The Bertz CT molecular complexity index is 569. The smallest absolute Gasteiger partial charge is 0.399 e. The lowest BCUT2D eigenvalue weighted by Gasteiger charge is -2.32. The van der Waals surface area contributed by atoms with Crippen molar-refractivity contribution in [2.45, 2.75) is 45.8 Å².